The summed E-state index contributed by atoms with van der Waals surface area (Å²) < 4.78 is 0. The first-order valence-corrected chi connectivity index (χ1v) is 9.83. The number of carbonyl (C=O) groups excluding carboxylic acids is 1. The molecule has 2 aliphatic heterocycles. The second-order valence-corrected chi connectivity index (χ2v) is 8.25. The third-order valence-corrected chi connectivity index (χ3v) is 6.80. The fourth-order valence-corrected chi connectivity index (χ4v) is 5.52. The van der Waals surface area contributed by atoms with E-state index in [0.717, 1.165) is 16.3 Å². The highest BCUT2D eigenvalue weighted by Gasteiger charge is 2.51. The third kappa shape index (κ3) is 3.02. The first-order chi connectivity index (χ1) is 12.5. The number of rotatable bonds is 5. The van der Waals surface area contributed by atoms with Crippen LogP contribution in [0.15, 0.2) is 52.2 Å². The van der Waals surface area contributed by atoms with Crippen molar-refractivity contribution in [3.63, 3.8) is 0 Å². The maximum atomic E-state index is 12.0. The lowest BCUT2D eigenvalue weighted by Gasteiger charge is -2.47. The average Bonchev–Trinajstić information content (AvgIpc) is 3.13. The molecule has 0 aliphatic carbocycles. The van der Waals surface area contributed by atoms with Crippen LogP contribution in [-0.2, 0) is 16.0 Å². The molecule has 3 heterocycles. The zero-order chi connectivity index (χ0) is 18.3. The van der Waals surface area contributed by atoms with E-state index in [4.69, 9.17) is 5.73 Å². The number of hydrogen-bond acceptors (Lipinski definition) is 6. The van der Waals surface area contributed by atoms with Gasteiger partial charge in [-0.2, -0.15) is 0 Å². The predicted molar refractivity (Wildman–Crippen MR) is 99.4 cm³/mol. The average molecular weight is 388 g/mol. The Morgan fingerprint density at radius 3 is 3.08 bits per heavy atom. The first kappa shape index (κ1) is 17.2. The SMILES string of the molecule is N[C@@H]1C(=O)N2C(C(=O)O)=C(Sc3cccc(Cc4ncc[nH]4)c3)CS[C@@H]12. The number of nitrogens with two attached hydrogens (primary N) is 1. The number of nitrogens with zero attached hydrogens (tertiary/aromatic N) is 2. The molecule has 1 saturated heterocycles. The van der Waals surface area contributed by atoms with Crippen LogP contribution in [-0.4, -0.2) is 49.0 Å². The molecular weight excluding hydrogens is 372 g/mol. The maximum Gasteiger partial charge on any atom is 0.353 e. The molecule has 2 aliphatic rings. The number of fused-ring (bicyclic) bond motifs is 1. The van der Waals surface area contributed by atoms with E-state index in [0.29, 0.717) is 17.1 Å². The van der Waals surface area contributed by atoms with E-state index in [2.05, 4.69) is 9.97 Å². The fraction of sp³-hybridized carbons (Fsp3) is 0.235. The number of nitrogens with one attached hydrogen (secondary N) is 1. The number of β-lactam (4-membered cyclic amide) rings is 1. The highest BCUT2D eigenvalue weighted by molar-refractivity contribution is 8.06. The van der Waals surface area contributed by atoms with Crippen molar-refractivity contribution in [1.29, 1.82) is 0 Å². The molecule has 7 nitrogen and oxygen atoms in total. The van der Waals surface area contributed by atoms with Crippen molar-refractivity contribution in [2.75, 3.05) is 5.75 Å². The van der Waals surface area contributed by atoms with Gasteiger partial charge in [-0.15, -0.1) is 11.8 Å². The number of imidazole rings is 1. The molecule has 26 heavy (non-hydrogen) atoms. The van der Waals surface area contributed by atoms with Crippen molar-refractivity contribution < 1.29 is 14.7 Å². The number of thioether (sulfide) groups is 2. The summed E-state index contributed by atoms with van der Waals surface area (Å²) in [6, 6.07) is 7.27. The molecule has 4 rings (SSSR count). The Morgan fingerprint density at radius 2 is 2.35 bits per heavy atom. The smallest absolute Gasteiger partial charge is 0.353 e. The Labute approximate surface area is 158 Å². The number of H-pyrrole nitrogens is 1. The number of hydrogen-bond donors (Lipinski definition) is 3. The summed E-state index contributed by atoms with van der Waals surface area (Å²) in [4.78, 5) is 34.0. The van der Waals surface area contributed by atoms with E-state index >= 15 is 0 Å². The Hall–Kier alpha value is -2.23. The van der Waals surface area contributed by atoms with E-state index in [1.54, 1.807) is 12.4 Å². The summed E-state index contributed by atoms with van der Waals surface area (Å²) in [7, 11) is 0. The number of carbonyl (C=O) groups is 2. The lowest BCUT2D eigenvalue weighted by atomic mass is 10.1. The number of carboxylic acids is 1. The molecule has 1 aromatic carbocycles. The van der Waals surface area contributed by atoms with Gasteiger partial charge in [-0.05, 0) is 17.7 Å². The molecule has 0 bridgehead atoms. The molecule has 0 saturated carbocycles. The van der Waals surface area contributed by atoms with Gasteiger partial charge in [0.15, 0.2) is 0 Å². The van der Waals surface area contributed by atoms with Crippen LogP contribution in [0.1, 0.15) is 11.4 Å². The zero-order valence-corrected chi connectivity index (χ0v) is 15.2. The quantitative estimate of drug-likeness (QED) is 0.667. The van der Waals surface area contributed by atoms with Gasteiger partial charge in [0, 0.05) is 34.4 Å². The van der Waals surface area contributed by atoms with Crippen molar-refractivity contribution in [3.05, 3.63) is 58.6 Å². The molecule has 0 spiro atoms. The minimum Gasteiger partial charge on any atom is -0.477 e. The van der Waals surface area contributed by atoms with Crippen LogP contribution in [0.25, 0.3) is 0 Å². The van der Waals surface area contributed by atoms with E-state index in [1.165, 1.54) is 28.4 Å². The summed E-state index contributed by atoms with van der Waals surface area (Å²) in [6.07, 6.45) is 4.16. The highest BCUT2D eigenvalue weighted by atomic mass is 32.2. The van der Waals surface area contributed by atoms with Gasteiger partial charge >= 0.3 is 5.97 Å². The van der Waals surface area contributed by atoms with E-state index in [9.17, 15) is 14.7 Å². The van der Waals surface area contributed by atoms with Gasteiger partial charge in [0.25, 0.3) is 0 Å². The summed E-state index contributed by atoms with van der Waals surface area (Å²) in [5, 5.41) is 9.34. The van der Waals surface area contributed by atoms with Crippen molar-refractivity contribution in [1.82, 2.24) is 14.9 Å². The van der Waals surface area contributed by atoms with E-state index in [1.807, 2.05) is 24.3 Å². The van der Waals surface area contributed by atoms with Crippen LogP contribution in [0.5, 0.6) is 0 Å². The molecule has 1 amide bonds. The number of carboxylic acid groups (broad SMARTS) is 1. The van der Waals surface area contributed by atoms with Crippen molar-refractivity contribution in [2.24, 2.45) is 5.73 Å². The van der Waals surface area contributed by atoms with E-state index < -0.39 is 12.0 Å². The molecule has 0 unspecified atom stereocenters. The summed E-state index contributed by atoms with van der Waals surface area (Å²) in [6.45, 7) is 0. The minimum absolute atomic E-state index is 0.0573. The zero-order valence-electron chi connectivity index (χ0n) is 13.6. The molecule has 1 fully saturated rings. The van der Waals surface area contributed by atoms with Gasteiger partial charge in [0.2, 0.25) is 5.91 Å². The predicted octanol–water partition coefficient (Wildman–Crippen LogP) is 1.63. The molecule has 0 radical (unpaired) electrons. The monoisotopic (exact) mass is 388 g/mol. The van der Waals surface area contributed by atoms with Gasteiger partial charge in [-0.25, -0.2) is 9.78 Å². The minimum atomic E-state index is -1.09. The van der Waals surface area contributed by atoms with Crippen LogP contribution < -0.4 is 5.73 Å². The lowest BCUT2D eigenvalue weighted by molar-refractivity contribution is -0.147. The molecule has 1 aromatic heterocycles. The number of aromatic amines is 1. The van der Waals surface area contributed by atoms with Crippen LogP contribution in [0.2, 0.25) is 0 Å². The molecule has 134 valence electrons. The molecule has 4 N–H and O–H groups in total. The number of benzene rings is 1. The normalized spacial score (nSPS) is 22.2. The second-order valence-electron chi connectivity index (χ2n) is 5.97. The molecular formula is C17H16N4O3S2. The Morgan fingerprint density at radius 1 is 1.50 bits per heavy atom. The van der Waals surface area contributed by atoms with Gasteiger partial charge in [-0.1, -0.05) is 23.9 Å². The standard InChI is InChI=1S/C17H16N4O3S2/c18-13-15(22)21-14(17(23)24)11(8-25-16(13)21)26-10-3-1-2-9(6-10)7-12-19-4-5-20-12/h1-6,13,16H,7-8,18H2,(H,19,20)(H,23,24)/t13-,16+/m1/s1. The topological polar surface area (TPSA) is 112 Å². The van der Waals surface area contributed by atoms with Gasteiger partial charge in [0.05, 0.1) is 0 Å². The number of aromatic nitrogens is 2. The first-order valence-electron chi connectivity index (χ1n) is 7.96. The largest absolute Gasteiger partial charge is 0.477 e. The third-order valence-electron chi connectivity index (χ3n) is 4.24. The highest BCUT2D eigenvalue weighted by Crippen LogP contribution is 2.44. The Balaban J connectivity index is 1.59. The van der Waals surface area contributed by atoms with Crippen LogP contribution >= 0.6 is 23.5 Å². The number of amides is 1. The second kappa shape index (κ2) is 6.82. The fourth-order valence-electron chi connectivity index (χ4n) is 3.02. The Kier molecular flexibility index (Phi) is 4.51. The van der Waals surface area contributed by atoms with E-state index in [-0.39, 0.29) is 17.0 Å². The van der Waals surface area contributed by atoms with Gasteiger partial charge in [0.1, 0.15) is 22.9 Å². The van der Waals surface area contributed by atoms with Gasteiger partial charge in [-0.3, -0.25) is 9.69 Å². The van der Waals surface area contributed by atoms with Crippen molar-refractivity contribution >= 4 is 35.4 Å². The Bertz CT molecular complexity index is 897. The van der Waals surface area contributed by atoms with Crippen molar-refractivity contribution in [2.45, 2.75) is 22.7 Å². The maximum absolute atomic E-state index is 12.0. The summed E-state index contributed by atoms with van der Waals surface area (Å²) in [5.41, 5.74) is 6.91. The summed E-state index contributed by atoms with van der Waals surface area (Å²) >= 11 is 2.89. The molecule has 2 aromatic rings. The molecule has 9 heteroatoms. The number of aliphatic carboxylic acids is 1. The van der Waals surface area contributed by atoms with Crippen molar-refractivity contribution in [3.8, 4) is 0 Å². The van der Waals surface area contributed by atoms with Gasteiger partial charge < -0.3 is 15.8 Å². The van der Waals surface area contributed by atoms with Crippen LogP contribution in [0.4, 0.5) is 0 Å². The molecule has 2 atom stereocenters. The van der Waals surface area contributed by atoms with Crippen LogP contribution in [0.3, 0.4) is 0 Å². The van der Waals surface area contributed by atoms with Crippen LogP contribution in [0, 0.1) is 0 Å². The summed E-state index contributed by atoms with van der Waals surface area (Å²) in [5.74, 6) is -0.0282. The lowest BCUT2D eigenvalue weighted by Crippen LogP contribution is -2.68.